The van der Waals surface area contributed by atoms with Gasteiger partial charge in [-0.2, -0.15) is 0 Å². The Hall–Kier alpha value is -2.77. The van der Waals surface area contributed by atoms with E-state index in [-0.39, 0.29) is 5.56 Å². The van der Waals surface area contributed by atoms with Crippen molar-refractivity contribution < 1.29 is 35.5 Å². The lowest BCUT2D eigenvalue weighted by Crippen LogP contribution is -2.06. The van der Waals surface area contributed by atoms with Crippen LogP contribution in [0.15, 0.2) is 24.3 Å². The SMILES string of the molecule is COc1ccc(-c2c(F)c(F)c3c(F)c(F)c(F)c(F)c3c2F)cc1. The predicted octanol–water partition coefficient (Wildman–Crippen LogP) is 5.49. The minimum atomic E-state index is -2.36. The maximum absolute atomic E-state index is 14.6. The van der Waals surface area contributed by atoms with E-state index in [4.69, 9.17) is 4.74 Å². The van der Waals surface area contributed by atoms with Crippen LogP contribution >= 0.6 is 0 Å². The average molecular weight is 360 g/mol. The number of hydrogen-bond donors (Lipinski definition) is 0. The molecule has 130 valence electrons. The van der Waals surface area contributed by atoms with E-state index < -0.39 is 57.1 Å². The molecule has 0 aliphatic carbocycles. The summed E-state index contributed by atoms with van der Waals surface area (Å²) in [6, 6.07) is 4.86. The first-order chi connectivity index (χ1) is 11.8. The van der Waals surface area contributed by atoms with Gasteiger partial charge in [-0.15, -0.1) is 0 Å². The van der Waals surface area contributed by atoms with Gasteiger partial charge in [-0.1, -0.05) is 12.1 Å². The molecule has 0 saturated heterocycles. The van der Waals surface area contributed by atoms with Crippen LogP contribution in [-0.2, 0) is 0 Å². The fourth-order valence-corrected chi connectivity index (χ4v) is 2.50. The highest BCUT2D eigenvalue weighted by Gasteiger charge is 2.30. The zero-order valence-corrected chi connectivity index (χ0v) is 12.4. The Morgan fingerprint density at radius 3 is 1.48 bits per heavy atom. The van der Waals surface area contributed by atoms with Gasteiger partial charge in [-0.25, -0.2) is 30.7 Å². The Labute approximate surface area is 136 Å². The number of benzene rings is 3. The lowest BCUT2D eigenvalue weighted by molar-refractivity contribution is 0.412. The van der Waals surface area contributed by atoms with Crippen LogP contribution in [0.2, 0.25) is 0 Å². The summed E-state index contributed by atoms with van der Waals surface area (Å²) in [6.07, 6.45) is 0. The second-order valence-corrected chi connectivity index (χ2v) is 5.05. The van der Waals surface area contributed by atoms with E-state index in [1.807, 2.05) is 0 Å². The second kappa shape index (κ2) is 5.94. The number of fused-ring (bicyclic) bond motifs is 1. The Morgan fingerprint density at radius 2 is 1.00 bits per heavy atom. The molecule has 3 rings (SSSR count). The lowest BCUT2D eigenvalue weighted by atomic mass is 9.97. The molecule has 0 saturated carbocycles. The first-order valence-corrected chi connectivity index (χ1v) is 6.76. The molecule has 8 heteroatoms. The van der Waals surface area contributed by atoms with E-state index in [0.29, 0.717) is 5.75 Å². The highest BCUT2D eigenvalue weighted by atomic mass is 19.2. The van der Waals surface area contributed by atoms with Gasteiger partial charge in [-0.3, -0.25) is 0 Å². The summed E-state index contributed by atoms with van der Waals surface area (Å²) >= 11 is 0. The van der Waals surface area contributed by atoms with Crippen LogP contribution in [0.25, 0.3) is 21.9 Å². The monoisotopic (exact) mass is 360 g/mol. The number of hydrogen-bond acceptors (Lipinski definition) is 1. The maximum Gasteiger partial charge on any atom is 0.198 e. The molecule has 0 fully saturated rings. The van der Waals surface area contributed by atoms with Crippen molar-refractivity contribution in [1.29, 1.82) is 0 Å². The van der Waals surface area contributed by atoms with E-state index >= 15 is 0 Å². The molecule has 0 amide bonds. The van der Waals surface area contributed by atoms with Crippen LogP contribution in [0.4, 0.5) is 30.7 Å². The molecular formula is C17H7F7O. The third-order valence-electron chi connectivity index (χ3n) is 3.72. The molecule has 0 aliphatic rings. The van der Waals surface area contributed by atoms with E-state index in [1.54, 1.807) is 0 Å². The Morgan fingerprint density at radius 1 is 0.560 bits per heavy atom. The predicted molar refractivity (Wildman–Crippen MR) is 75.6 cm³/mol. The highest BCUT2D eigenvalue weighted by molar-refractivity contribution is 5.90. The van der Waals surface area contributed by atoms with Crippen molar-refractivity contribution in [2.75, 3.05) is 7.11 Å². The van der Waals surface area contributed by atoms with Gasteiger partial charge in [0.15, 0.2) is 34.9 Å². The van der Waals surface area contributed by atoms with Crippen molar-refractivity contribution in [3.63, 3.8) is 0 Å². The molecule has 1 nitrogen and oxygen atoms in total. The molecule has 0 heterocycles. The van der Waals surface area contributed by atoms with Gasteiger partial charge in [-0.05, 0) is 17.7 Å². The molecule has 0 bridgehead atoms. The van der Waals surface area contributed by atoms with Gasteiger partial charge < -0.3 is 4.74 Å². The molecule has 3 aromatic carbocycles. The molecule has 0 N–H and O–H groups in total. The minimum absolute atomic E-state index is 0.235. The Balaban J connectivity index is 2.46. The molecule has 3 aromatic rings. The van der Waals surface area contributed by atoms with Crippen LogP contribution in [0.3, 0.4) is 0 Å². The molecule has 0 spiro atoms. The summed E-state index contributed by atoms with van der Waals surface area (Å²) in [6.45, 7) is 0. The van der Waals surface area contributed by atoms with Gasteiger partial charge in [0.05, 0.1) is 23.4 Å². The van der Waals surface area contributed by atoms with Crippen molar-refractivity contribution in [1.82, 2.24) is 0 Å². The van der Waals surface area contributed by atoms with Crippen LogP contribution in [0.5, 0.6) is 5.75 Å². The molecule has 0 aliphatic heterocycles. The first kappa shape index (κ1) is 17.1. The second-order valence-electron chi connectivity index (χ2n) is 5.05. The quantitative estimate of drug-likeness (QED) is 0.334. The summed E-state index contributed by atoms with van der Waals surface area (Å²) in [5.41, 5.74) is -1.28. The van der Waals surface area contributed by atoms with Crippen molar-refractivity contribution in [2.24, 2.45) is 0 Å². The van der Waals surface area contributed by atoms with Crippen molar-refractivity contribution in [3.8, 4) is 16.9 Å². The molecule has 0 aromatic heterocycles. The Bertz CT molecular complexity index is 997. The van der Waals surface area contributed by atoms with E-state index in [2.05, 4.69) is 0 Å². The van der Waals surface area contributed by atoms with Crippen molar-refractivity contribution in [3.05, 3.63) is 65.0 Å². The number of rotatable bonds is 2. The highest BCUT2D eigenvalue weighted by Crippen LogP contribution is 2.38. The average Bonchev–Trinajstić information content (AvgIpc) is 2.61. The maximum atomic E-state index is 14.6. The smallest absolute Gasteiger partial charge is 0.198 e. The fourth-order valence-electron chi connectivity index (χ4n) is 2.50. The van der Waals surface area contributed by atoms with Crippen LogP contribution < -0.4 is 4.74 Å². The standard InChI is InChI=1S/C17H7F7O/c1-25-7-4-2-6(3-5-7)8-11(18)9-10(13(20)12(8)19)15(22)17(24)16(23)14(9)21/h2-5H,1H3. The summed E-state index contributed by atoms with van der Waals surface area (Å²) in [5, 5.41) is -3.15. The minimum Gasteiger partial charge on any atom is -0.497 e. The third kappa shape index (κ3) is 2.40. The van der Waals surface area contributed by atoms with Gasteiger partial charge >= 0.3 is 0 Å². The van der Waals surface area contributed by atoms with Gasteiger partial charge in [0, 0.05) is 0 Å². The van der Waals surface area contributed by atoms with Crippen molar-refractivity contribution >= 4 is 10.8 Å². The molecule has 0 atom stereocenters. The third-order valence-corrected chi connectivity index (χ3v) is 3.72. The fraction of sp³-hybridized carbons (Fsp3) is 0.0588. The normalized spacial score (nSPS) is 11.2. The molecule has 0 unspecified atom stereocenters. The zero-order chi connectivity index (χ0) is 18.5. The topological polar surface area (TPSA) is 9.23 Å². The number of methoxy groups -OCH3 is 1. The molecular weight excluding hydrogens is 353 g/mol. The van der Waals surface area contributed by atoms with Gasteiger partial charge in [0.25, 0.3) is 0 Å². The van der Waals surface area contributed by atoms with Crippen molar-refractivity contribution in [2.45, 2.75) is 0 Å². The van der Waals surface area contributed by atoms with E-state index in [9.17, 15) is 30.7 Å². The summed E-state index contributed by atoms with van der Waals surface area (Å²) in [5.74, 6) is -14.4. The first-order valence-electron chi connectivity index (χ1n) is 6.76. The van der Waals surface area contributed by atoms with Gasteiger partial charge in [0.2, 0.25) is 0 Å². The van der Waals surface area contributed by atoms with E-state index in [0.717, 1.165) is 12.1 Å². The van der Waals surface area contributed by atoms with Crippen LogP contribution in [-0.4, -0.2) is 7.11 Å². The molecule has 0 radical (unpaired) electrons. The van der Waals surface area contributed by atoms with Crippen LogP contribution in [0, 0.1) is 40.7 Å². The summed E-state index contributed by atoms with van der Waals surface area (Å²) in [4.78, 5) is 0. The largest absolute Gasteiger partial charge is 0.497 e. The number of halogens is 7. The zero-order valence-electron chi connectivity index (χ0n) is 12.4. The van der Waals surface area contributed by atoms with Crippen LogP contribution in [0.1, 0.15) is 0 Å². The summed E-state index contributed by atoms with van der Waals surface area (Å²) in [7, 11) is 1.33. The van der Waals surface area contributed by atoms with E-state index in [1.165, 1.54) is 19.2 Å². The number of ether oxygens (including phenoxy) is 1. The summed E-state index contributed by atoms with van der Waals surface area (Å²) < 4.78 is 102. The lowest BCUT2D eigenvalue weighted by Gasteiger charge is -2.13. The Kier molecular flexibility index (Phi) is 4.06. The van der Waals surface area contributed by atoms with Gasteiger partial charge in [0.1, 0.15) is 11.6 Å². The molecule has 25 heavy (non-hydrogen) atoms.